The van der Waals surface area contributed by atoms with Crippen molar-refractivity contribution in [3.63, 3.8) is 0 Å². The van der Waals surface area contributed by atoms with E-state index in [1.165, 1.54) is 0 Å². The predicted molar refractivity (Wildman–Crippen MR) is 70.3 cm³/mol. The van der Waals surface area contributed by atoms with Crippen LogP contribution in [0.3, 0.4) is 0 Å². The minimum Gasteiger partial charge on any atom is -0.481 e. The van der Waals surface area contributed by atoms with Crippen molar-refractivity contribution in [2.24, 2.45) is 11.7 Å². The molecule has 0 saturated carbocycles. The summed E-state index contributed by atoms with van der Waals surface area (Å²) < 4.78 is 0. The van der Waals surface area contributed by atoms with Gasteiger partial charge in [0.25, 0.3) is 0 Å². The molecule has 0 aliphatic heterocycles. The number of nitrogens with two attached hydrogens (primary N) is 1. The summed E-state index contributed by atoms with van der Waals surface area (Å²) in [6.45, 7) is 4.74. The highest BCUT2D eigenvalue weighted by molar-refractivity contribution is 5.74. The van der Waals surface area contributed by atoms with Crippen LogP contribution in [0, 0.1) is 5.92 Å². The molecule has 0 saturated heterocycles. The first kappa shape index (κ1) is 16.7. The van der Waals surface area contributed by atoms with Gasteiger partial charge in [-0.1, -0.05) is 13.3 Å². The number of aliphatic carboxylic acids is 1. The third kappa shape index (κ3) is 8.81. The Hall–Kier alpha value is -1.30. The lowest BCUT2D eigenvalue weighted by Gasteiger charge is -2.15. The molecule has 0 aromatic carbocycles. The molecule has 5 N–H and O–H groups in total. The molecular formula is C12H25N3O3. The summed E-state index contributed by atoms with van der Waals surface area (Å²) >= 11 is 0. The van der Waals surface area contributed by atoms with Crippen LogP contribution < -0.4 is 16.4 Å². The lowest BCUT2D eigenvalue weighted by molar-refractivity contribution is -0.141. The number of carbonyl (C=O) groups is 2. The molecule has 0 aliphatic carbocycles. The summed E-state index contributed by atoms with van der Waals surface area (Å²) in [4.78, 5) is 22.0. The first-order valence-electron chi connectivity index (χ1n) is 6.44. The smallest absolute Gasteiger partial charge is 0.314 e. The highest BCUT2D eigenvalue weighted by atomic mass is 16.4. The first-order chi connectivity index (χ1) is 8.47. The van der Waals surface area contributed by atoms with E-state index in [1.807, 2.05) is 6.92 Å². The average molecular weight is 259 g/mol. The number of carboxylic acid groups (broad SMARTS) is 1. The maximum absolute atomic E-state index is 11.4. The van der Waals surface area contributed by atoms with Gasteiger partial charge in [-0.2, -0.15) is 0 Å². The number of hydrogen-bond donors (Lipinski definition) is 4. The van der Waals surface area contributed by atoms with Crippen molar-refractivity contribution in [1.82, 2.24) is 10.6 Å². The van der Waals surface area contributed by atoms with Crippen LogP contribution in [0.15, 0.2) is 0 Å². The van der Waals surface area contributed by atoms with Gasteiger partial charge in [0.15, 0.2) is 0 Å². The van der Waals surface area contributed by atoms with Gasteiger partial charge < -0.3 is 21.5 Å². The molecule has 2 unspecified atom stereocenters. The Morgan fingerprint density at radius 3 is 2.44 bits per heavy atom. The Bertz CT molecular complexity index is 259. The van der Waals surface area contributed by atoms with Crippen molar-refractivity contribution in [3.8, 4) is 0 Å². The van der Waals surface area contributed by atoms with Gasteiger partial charge in [0.05, 0.1) is 5.92 Å². The van der Waals surface area contributed by atoms with Crippen molar-refractivity contribution < 1.29 is 14.7 Å². The van der Waals surface area contributed by atoms with Crippen molar-refractivity contribution in [2.75, 3.05) is 13.1 Å². The number of carbonyl (C=O) groups excluding carboxylic acids is 1. The van der Waals surface area contributed by atoms with E-state index in [9.17, 15) is 9.59 Å². The van der Waals surface area contributed by atoms with E-state index in [2.05, 4.69) is 10.6 Å². The fourth-order valence-corrected chi connectivity index (χ4v) is 1.50. The highest BCUT2D eigenvalue weighted by Gasteiger charge is 2.12. The van der Waals surface area contributed by atoms with Crippen LogP contribution in [-0.2, 0) is 4.79 Å². The summed E-state index contributed by atoms with van der Waals surface area (Å²) in [5, 5.41) is 14.2. The molecule has 0 rings (SSSR count). The Morgan fingerprint density at radius 2 is 1.89 bits per heavy atom. The lowest BCUT2D eigenvalue weighted by Crippen LogP contribution is -2.41. The van der Waals surface area contributed by atoms with Gasteiger partial charge in [0, 0.05) is 12.6 Å². The number of urea groups is 1. The molecule has 0 spiro atoms. The topological polar surface area (TPSA) is 104 Å². The lowest BCUT2D eigenvalue weighted by atomic mass is 10.0. The molecule has 2 amide bonds. The molecule has 2 atom stereocenters. The molecular weight excluding hydrogens is 234 g/mol. The van der Waals surface area contributed by atoms with E-state index in [-0.39, 0.29) is 18.0 Å². The van der Waals surface area contributed by atoms with E-state index < -0.39 is 5.97 Å². The fraction of sp³-hybridized carbons (Fsp3) is 0.833. The molecule has 0 aromatic heterocycles. The molecule has 106 valence electrons. The maximum atomic E-state index is 11.4. The zero-order chi connectivity index (χ0) is 14.0. The van der Waals surface area contributed by atoms with Crippen LogP contribution in [0.4, 0.5) is 4.79 Å². The molecule has 6 heteroatoms. The van der Waals surface area contributed by atoms with E-state index in [0.29, 0.717) is 19.5 Å². The third-order valence-electron chi connectivity index (χ3n) is 2.74. The number of hydrogen-bond acceptors (Lipinski definition) is 3. The number of amides is 2. The van der Waals surface area contributed by atoms with Crippen LogP contribution in [-0.4, -0.2) is 36.2 Å². The normalized spacial score (nSPS) is 13.7. The number of nitrogens with one attached hydrogen (secondary N) is 2. The van der Waals surface area contributed by atoms with Gasteiger partial charge >= 0.3 is 12.0 Å². The maximum Gasteiger partial charge on any atom is 0.314 e. The van der Waals surface area contributed by atoms with Crippen LogP contribution in [0.25, 0.3) is 0 Å². The standard InChI is InChI=1S/C12H25N3O3/c1-9(11(16)17)5-3-6-10(2)15-12(18)14-8-4-7-13/h9-10H,3-8,13H2,1-2H3,(H,16,17)(H2,14,15,18). The Morgan fingerprint density at radius 1 is 1.22 bits per heavy atom. The molecule has 0 aliphatic rings. The Labute approximate surface area is 108 Å². The molecule has 0 aromatic rings. The van der Waals surface area contributed by atoms with Crippen LogP contribution in [0.1, 0.15) is 39.5 Å². The number of rotatable bonds is 9. The molecule has 0 fully saturated rings. The monoisotopic (exact) mass is 259 g/mol. The third-order valence-corrected chi connectivity index (χ3v) is 2.74. The Balaban J connectivity index is 3.61. The quantitative estimate of drug-likeness (QED) is 0.462. The molecule has 0 radical (unpaired) electrons. The summed E-state index contributed by atoms with van der Waals surface area (Å²) in [7, 11) is 0. The number of carboxylic acids is 1. The van der Waals surface area contributed by atoms with Crippen LogP contribution in [0.5, 0.6) is 0 Å². The van der Waals surface area contributed by atoms with E-state index in [1.54, 1.807) is 6.92 Å². The largest absolute Gasteiger partial charge is 0.481 e. The van der Waals surface area contributed by atoms with Gasteiger partial charge in [-0.05, 0) is 32.7 Å². The molecule has 6 nitrogen and oxygen atoms in total. The average Bonchev–Trinajstić information content (AvgIpc) is 2.28. The summed E-state index contributed by atoms with van der Waals surface area (Å²) in [5.74, 6) is -1.09. The van der Waals surface area contributed by atoms with Crippen LogP contribution in [0.2, 0.25) is 0 Å². The second-order valence-corrected chi connectivity index (χ2v) is 4.61. The molecule has 18 heavy (non-hydrogen) atoms. The van der Waals surface area contributed by atoms with Gasteiger partial charge in [-0.15, -0.1) is 0 Å². The van der Waals surface area contributed by atoms with E-state index >= 15 is 0 Å². The van der Waals surface area contributed by atoms with Crippen LogP contribution >= 0.6 is 0 Å². The zero-order valence-electron chi connectivity index (χ0n) is 11.2. The first-order valence-corrected chi connectivity index (χ1v) is 6.44. The van der Waals surface area contributed by atoms with Gasteiger partial charge in [0.1, 0.15) is 0 Å². The summed E-state index contributed by atoms with van der Waals surface area (Å²) in [6, 6.07) is -0.147. The van der Waals surface area contributed by atoms with Crippen molar-refractivity contribution in [1.29, 1.82) is 0 Å². The SMILES string of the molecule is CC(CCCC(C)C(=O)O)NC(=O)NCCCN. The van der Waals surface area contributed by atoms with Gasteiger partial charge in [0.2, 0.25) is 0 Å². The second-order valence-electron chi connectivity index (χ2n) is 4.61. The second kappa shape index (κ2) is 9.70. The Kier molecular flexibility index (Phi) is 9.00. The molecule has 0 heterocycles. The predicted octanol–water partition coefficient (Wildman–Crippen LogP) is 0.914. The minimum absolute atomic E-state index is 0.0453. The summed E-state index contributed by atoms with van der Waals surface area (Å²) in [5.41, 5.74) is 5.31. The van der Waals surface area contributed by atoms with Gasteiger partial charge in [-0.3, -0.25) is 4.79 Å². The zero-order valence-corrected chi connectivity index (χ0v) is 11.2. The van der Waals surface area contributed by atoms with E-state index in [0.717, 1.165) is 19.3 Å². The summed E-state index contributed by atoms with van der Waals surface area (Å²) in [6.07, 6.45) is 2.97. The molecule has 0 bridgehead atoms. The van der Waals surface area contributed by atoms with Gasteiger partial charge in [-0.25, -0.2) is 4.79 Å². The fourth-order valence-electron chi connectivity index (χ4n) is 1.50. The highest BCUT2D eigenvalue weighted by Crippen LogP contribution is 2.09. The van der Waals surface area contributed by atoms with Crippen molar-refractivity contribution in [2.45, 2.75) is 45.6 Å². The van der Waals surface area contributed by atoms with Crippen molar-refractivity contribution in [3.05, 3.63) is 0 Å². The van der Waals surface area contributed by atoms with Crippen molar-refractivity contribution >= 4 is 12.0 Å². The minimum atomic E-state index is -0.768. The van der Waals surface area contributed by atoms with E-state index in [4.69, 9.17) is 10.8 Å².